The minimum Gasteiger partial charge on any atom is -0.507 e. The fourth-order valence-corrected chi connectivity index (χ4v) is 2.89. The molecule has 0 saturated carbocycles. The van der Waals surface area contributed by atoms with Crippen LogP contribution in [0.15, 0.2) is 22.7 Å². The predicted molar refractivity (Wildman–Crippen MR) is 78.0 cm³/mol. The van der Waals surface area contributed by atoms with Crippen LogP contribution in [0.2, 0.25) is 0 Å². The minimum atomic E-state index is 0.253. The molecule has 0 amide bonds. The standard InChI is InChI=1S/C14H16BrN3O/c1-2-18-6-5-12-10(8-18)14(17-16-12)9-3-4-13(19)11(15)7-9/h3-4,7,19H,2,5-6,8H2,1H3,(H,16,17). The van der Waals surface area contributed by atoms with Gasteiger partial charge < -0.3 is 5.11 Å². The van der Waals surface area contributed by atoms with Gasteiger partial charge in [-0.2, -0.15) is 5.10 Å². The molecule has 0 atom stereocenters. The number of aromatic amines is 1. The van der Waals surface area contributed by atoms with E-state index in [1.807, 2.05) is 12.1 Å². The zero-order valence-electron chi connectivity index (χ0n) is 10.8. The lowest BCUT2D eigenvalue weighted by atomic mass is 10.0. The second kappa shape index (κ2) is 4.98. The number of aromatic nitrogens is 2. The average molecular weight is 322 g/mol. The summed E-state index contributed by atoms with van der Waals surface area (Å²) in [5.74, 6) is 0.253. The maximum atomic E-state index is 9.58. The van der Waals surface area contributed by atoms with Crippen molar-refractivity contribution < 1.29 is 5.11 Å². The molecule has 2 aromatic rings. The van der Waals surface area contributed by atoms with Crippen LogP contribution in [0.25, 0.3) is 11.3 Å². The molecule has 5 heteroatoms. The Morgan fingerprint density at radius 1 is 1.47 bits per heavy atom. The summed E-state index contributed by atoms with van der Waals surface area (Å²) in [6.07, 6.45) is 1.02. The van der Waals surface area contributed by atoms with Crippen molar-refractivity contribution in [2.45, 2.75) is 19.9 Å². The Kier molecular flexibility index (Phi) is 3.33. The number of likely N-dealkylation sites (N-methyl/N-ethyl adjacent to an activating group) is 1. The highest BCUT2D eigenvalue weighted by atomic mass is 79.9. The van der Waals surface area contributed by atoms with Crippen molar-refractivity contribution in [1.82, 2.24) is 15.1 Å². The molecule has 0 fully saturated rings. The second-order valence-corrected chi connectivity index (χ2v) is 5.67. The van der Waals surface area contributed by atoms with Crippen LogP contribution in [0.5, 0.6) is 5.75 Å². The number of phenols is 1. The maximum Gasteiger partial charge on any atom is 0.129 e. The Hall–Kier alpha value is -1.33. The number of hydrogen-bond donors (Lipinski definition) is 2. The largest absolute Gasteiger partial charge is 0.507 e. The zero-order chi connectivity index (χ0) is 13.4. The smallest absolute Gasteiger partial charge is 0.129 e. The van der Waals surface area contributed by atoms with Crippen molar-refractivity contribution in [3.05, 3.63) is 33.9 Å². The first-order valence-electron chi connectivity index (χ1n) is 6.46. The molecule has 0 unspecified atom stereocenters. The van der Waals surface area contributed by atoms with E-state index in [1.54, 1.807) is 6.07 Å². The fraction of sp³-hybridized carbons (Fsp3) is 0.357. The van der Waals surface area contributed by atoms with Gasteiger partial charge in [-0.15, -0.1) is 0 Å². The molecule has 19 heavy (non-hydrogen) atoms. The number of nitrogens with one attached hydrogen (secondary N) is 1. The number of fused-ring (bicyclic) bond motifs is 1. The Labute approximate surface area is 120 Å². The highest BCUT2D eigenvalue weighted by Gasteiger charge is 2.22. The van der Waals surface area contributed by atoms with E-state index in [9.17, 15) is 5.11 Å². The molecule has 2 heterocycles. The number of nitrogens with zero attached hydrogens (tertiary/aromatic N) is 2. The van der Waals surface area contributed by atoms with Crippen molar-refractivity contribution in [3.63, 3.8) is 0 Å². The molecule has 2 N–H and O–H groups in total. The molecule has 0 radical (unpaired) electrons. The lowest BCUT2D eigenvalue weighted by molar-refractivity contribution is 0.267. The Morgan fingerprint density at radius 3 is 3.05 bits per heavy atom. The molecular formula is C14H16BrN3O. The van der Waals surface area contributed by atoms with Gasteiger partial charge in [0.1, 0.15) is 5.75 Å². The lowest BCUT2D eigenvalue weighted by Gasteiger charge is -2.25. The van der Waals surface area contributed by atoms with E-state index in [1.165, 1.54) is 11.3 Å². The Balaban J connectivity index is 2.02. The van der Waals surface area contributed by atoms with Crippen LogP contribution < -0.4 is 0 Å². The maximum absolute atomic E-state index is 9.58. The van der Waals surface area contributed by atoms with E-state index in [4.69, 9.17) is 0 Å². The van der Waals surface area contributed by atoms with Crippen molar-refractivity contribution >= 4 is 15.9 Å². The van der Waals surface area contributed by atoms with E-state index >= 15 is 0 Å². The van der Waals surface area contributed by atoms with Crippen molar-refractivity contribution in [2.75, 3.05) is 13.1 Å². The van der Waals surface area contributed by atoms with Crippen LogP contribution in [0.1, 0.15) is 18.2 Å². The van der Waals surface area contributed by atoms with Gasteiger partial charge in [-0.25, -0.2) is 0 Å². The van der Waals surface area contributed by atoms with E-state index in [0.29, 0.717) is 4.47 Å². The highest BCUT2D eigenvalue weighted by Crippen LogP contribution is 2.33. The number of benzene rings is 1. The van der Waals surface area contributed by atoms with E-state index in [2.05, 4.69) is 38.0 Å². The highest BCUT2D eigenvalue weighted by molar-refractivity contribution is 9.10. The number of rotatable bonds is 2. The SMILES string of the molecule is CCN1CCc2[nH]nc(-c3ccc(O)c(Br)c3)c2C1. The molecule has 100 valence electrons. The number of aromatic hydroxyl groups is 1. The zero-order valence-corrected chi connectivity index (χ0v) is 12.4. The van der Waals surface area contributed by atoms with E-state index in [0.717, 1.165) is 37.3 Å². The number of hydrogen-bond acceptors (Lipinski definition) is 3. The van der Waals surface area contributed by atoms with Gasteiger partial charge in [0.15, 0.2) is 0 Å². The third-order valence-corrected chi connectivity index (χ3v) is 4.32. The van der Waals surface area contributed by atoms with Gasteiger partial charge in [-0.05, 0) is 40.7 Å². The predicted octanol–water partition coefficient (Wildman–Crippen LogP) is 2.92. The normalized spacial score (nSPS) is 15.5. The van der Waals surface area contributed by atoms with Gasteiger partial charge in [0, 0.05) is 36.3 Å². The van der Waals surface area contributed by atoms with Crippen LogP contribution in [-0.4, -0.2) is 33.3 Å². The van der Waals surface area contributed by atoms with Crippen LogP contribution in [-0.2, 0) is 13.0 Å². The van der Waals surface area contributed by atoms with Gasteiger partial charge in [0.05, 0.1) is 10.2 Å². The lowest BCUT2D eigenvalue weighted by Crippen LogP contribution is -2.30. The summed E-state index contributed by atoms with van der Waals surface area (Å²) in [6, 6.07) is 5.51. The monoisotopic (exact) mass is 321 g/mol. The summed E-state index contributed by atoms with van der Waals surface area (Å²) in [4.78, 5) is 2.41. The van der Waals surface area contributed by atoms with Crippen molar-refractivity contribution in [1.29, 1.82) is 0 Å². The first kappa shape index (κ1) is 12.7. The van der Waals surface area contributed by atoms with Gasteiger partial charge >= 0.3 is 0 Å². The molecule has 0 spiro atoms. The molecule has 4 nitrogen and oxygen atoms in total. The third kappa shape index (κ3) is 2.28. The second-order valence-electron chi connectivity index (χ2n) is 4.81. The van der Waals surface area contributed by atoms with Crippen LogP contribution in [0, 0.1) is 0 Å². The summed E-state index contributed by atoms with van der Waals surface area (Å²) in [5.41, 5.74) is 4.54. The minimum absolute atomic E-state index is 0.253. The summed E-state index contributed by atoms with van der Waals surface area (Å²) in [6.45, 7) is 5.27. The summed E-state index contributed by atoms with van der Waals surface area (Å²) < 4.78 is 0.699. The van der Waals surface area contributed by atoms with E-state index in [-0.39, 0.29) is 5.75 Å². The van der Waals surface area contributed by atoms with E-state index < -0.39 is 0 Å². The number of halogens is 1. The number of phenolic OH excluding ortho intramolecular Hbond substituents is 1. The average Bonchev–Trinajstić information content (AvgIpc) is 2.84. The molecule has 1 aliphatic rings. The molecule has 1 aromatic heterocycles. The van der Waals surface area contributed by atoms with Gasteiger partial charge in [-0.3, -0.25) is 10.00 Å². The molecule has 1 aromatic carbocycles. The summed E-state index contributed by atoms with van der Waals surface area (Å²) >= 11 is 3.35. The molecular weight excluding hydrogens is 306 g/mol. The van der Waals surface area contributed by atoms with Gasteiger partial charge in [0.25, 0.3) is 0 Å². The Morgan fingerprint density at radius 2 is 2.32 bits per heavy atom. The van der Waals surface area contributed by atoms with Crippen LogP contribution in [0.3, 0.4) is 0 Å². The quantitative estimate of drug-likeness (QED) is 0.894. The van der Waals surface area contributed by atoms with Crippen molar-refractivity contribution in [3.8, 4) is 17.0 Å². The molecule has 0 bridgehead atoms. The van der Waals surface area contributed by atoms with Gasteiger partial charge in [-0.1, -0.05) is 6.92 Å². The topological polar surface area (TPSA) is 52.2 Å². The van der Waals surface area contributed by atoms with Crippen LogP contribution >= 0.6 is 15.9 Å². The summed E-state index contributed by atoms with van der Waals surface area (Å²) in [5, 5.41) is 17.2. The first-order valence-corrected chi connectivity index (χ1v) is 7.25. The fourth-order valence-electron chi connectivity index (χ4n) is 2.51. The van der Waals surface area contributed by atoms with Crippen molar-refractivity contribution in [2.24, 2.45) is 0 Å². The Bertz CT molecular complexity index is 609. The summed E-state index contributed by atoms with van der Waals surface area (Å²) in [7, 11) is 0. The third-order valence-electron chi connectivity index (χ3n) is 3.68. The van der Waals surface area contributed by atoms with Gasteiger partial charge in [0.2, 0.25) is 0 Å². The first-order chi connectivity index (χ1) is 9.19. The van der Waals surface area contributed by atoms with Crippen LogP contribution in [0.4, 0.5) is 0 Å². The molecule has 0 aliphatic carbocycles. The number of H-pyrrole nitrogens is 1. The molecule has 0 saturated heterocycles. The molecule has 3 rings (SSSR count). The molecule has 1 aliphatic heterocycles.